The van der Waals surface area contributed by atoms with Crippen LogP contribution >= 0.6 is 0 Å². The zero-order valence-electron chi connectivity index (χ0n) is 17.6. The van der Waals surface area contributed by atoms with Crippen molar-refractivity contribution in [3.05, 3.63) is 64.5 Å². The quantitative estimate of drug-likeness (QED) is 0.584. The summed E-state index contributed by atoms with van der Waals surface area (Å²) in [6.45, 7) is 8.50. The molecule has 3 aromatic heterocycles. The first-order valence-corrected chi connectivity index (χ1v) is 10.8. The van der Waals surface area contributed by atoms with E-state index in [1.54, 1.807) is 29.2 Å². The summed E-state index contributed by atoms with van der Waals surface area (Å²) in [6, 6.07) is 9.34. The number of pyridine rings is 1. The summed E-state index contributed by atoms with van der Waals surface area (Å²) in [6.07, 6.45) is 3.47. The minimum Gasteiger partial charge on any atom is -0.373 e. The van der Waals surface area contributed by atoms with Crippen LogP contribution in [0.15, 0.2) is 47.5 Å². The molecule has 162 valence electrons. The number of rotatable bonds is 6. The van der Waals surface area contributed by atoms with Gasteiger partial charge in [-0.3, -0.25) is 24.3 Å². The Hall–Kier alpha value is -2.88. The molecule has 0 unspecified atom stereocenters. The van der Waals surface area contributed by atoms with Crippen molar-refractivity contribution in [2.75, 3.05) is 39.3 Å². The summed E-state index contributed by atoms with van der Waals surface area (Å²) >= 11 is 0. The molecule has 2 aliphatic rings. The second-order valence-electron chi connectivity index (χ2n) is 8.04. The van der Waals surface area contributed by atoms with Crippen molar-refractivity contribution in [1.82, 2.24) is 34.3 Å². The Labute approximate surface area is 180 Å². The maximum absolute atomic E-state index is 12.3. The third-order valence-electron chi connectivity index (χ3n) is 5.93. The molecule has 2 aliphatic heterocycles. The minimum atomic E-state index is -0.0656. The number of hydrogen-bond donors (Lipinski definition) is 0. The summed E-state index contributed by atoms with van der Waals surface area (Å²) in [5.74, 6) is 0. The number of piperazine rings is 1. The molecule has 0 aliphatic carbocycles. The summed E-state index contributed by atoms with van der Waals surface area (Å²) in [7, 11) is 0. The maximum Gasteiger partial charge on any atom is 0.266 e. The smallest absolute Gasteiger partial charge is 0.266 e. The van der Waals surface area contributed by atoms with Gasteiger partial charge in [-0.05, 0) is 24.3 Å². The average molecular weight is 422 g/mol. The first-order chi connectivity index (χ1) is 15.2. The van der Waals surface area contributed by atoms with E-state index in [1.165, 1.54) is 5.69 Å². The molecule has 9 heteroatoms. The third-order valence-corrected chi connectivity index (χ3v) is 5.93. The zero-order valence-corrected chi connectivity index (χ0v) is 17.6. The van der Waals surface area contributed by atoms with E-state index in [4.69, 9.17) is 9.84 Å². The van der Waals surface area contributed by atoms with Gasteiger partial charge in [0.2, 0.25) is 0 Å². The van der Waals surface area contributed by atoms with Crippen molar-refractivity contribution in [2.45, 2.75) is 26.2 Å². The van der Waals surface area contributed by atoms with Gasteiger partial charge < -0.3 is 4.74 Å². The Balaban J connectivity index is 1.14. The Morgan fingerprint density at radius 3 is 2.52 bits per heavy atom. The molecule has 5 heterocycles. The Morgan fingerprint density at radius 1 is 0.903 bits per heavy atom. The molecule has 9 nitrogen and oxygen atoms in total. The highest BCUT2D eigenvalue weighted by Crippen LogP contribution is 2.15. The van der Waals surface area contributed by atoms with Gasteiger partial charge in [0.25, 0.3) is 5.56 Å². The lowest BCUT2D eigenvalue weighted by molar-refractivity contribution is 0.0798. The van der Waals surface area contributed by atoms with E-state index in [9.17, 15) is 4.79 Å². The van der Waals surface area contributed by atoms with E-state index in [0.717, 1.165) is 69.4 Å². The minimum absolute atomic E-state index is 0.0656. The molecule has 0 N–H and O–H groups in total. The molecule has 0 atom stereocenters. The summed E-state index contributed by atoms with van der Waals surface area (Å²) in [4.78, 5) is 21.1. The van der Waals surface area contributed by atoms with Crippen LogP contribution in [0, 0.1) is 0 Å². The van der Waals surface area contributed by atoms with Crippen molar-refractivity contribution in [3.8, 4) is 11.3 Å². The molecule has 31 heavy (non-hydrogen) atoms. The van der Waals surface area contributed by atoms with Crippen molar-refractivity contribution in [1.29, 1.82) is 0 Å². The van der Waals surface area contributed by atoms with Gasteiger partial charge in [-0.1, -0.05) is 0 Å². The predicted octanol–water partition coefficient (Wildman–Crippen LogP) is 0.850. The van der Waals surface area contributed by atoms with Gasteiger partial charge in [-0.15, -0.1) is 0 Å². The number of ether oxygens (including phenoxy) is 1. The fourth-order valence-electron chi connectivity index (χ4n) is 4.15. The molecule has 0 amide bonds. The fourth-order valence-corrected chi connectivity index (χ4v) is 4.15. The average Bonchev–Trinajstić information content (AvgIpc) is 3.22. The molecule has 0 bridgehead atoms. The molecule has 0 spiro atoms. The topological polar surface area (TPSA) is 81.3 Å². The summed E-state index contributed by atoms with van der Waals surface area (Å²) in [5, 5.41) is 9.26. The Kier molecular flexibility index (Phi) is 5.88. The SMILES string of the molecule is O=c1ccc(-c2ccncc2)nn1CCN1CCN(Cc2cc3n(n2)CCOC3)CC1. The first-order valence-electron chi connectivity index (χ1n) is 10.8. The normalized spacial score (nSPS) is 17.5. The van der Waals surface area contributed by atoms with Crippen LogP contribution in [-0.2, 0) is 31.0 Å². The summed E-state index contributed by atoms with van der Waals surface area (Å²) < 4.78 is 9.14. The van der Waals surface area contributed by atoms with E-state index in [0.29, 0.717) is 13.2 Å². The highest BCUT2D eigenvalue weighted by molar-refractivity contribution is 5.56. The van der Waals surface area contributed by atoms with Gasteiger partial charge >= 0.3 is 0 Å². The van der Waals surface area contributed by atoms with Gasteiger partial charge in [0.1, 0.15) is 0 Å². The van der Waals surface area contributed by atoms with Crippen LogP contribution in [0.2, 0.25) is 0 Å². The number of fused-ring (bicyclic) bond motifs is 1. The molecule has 3 aromatic rings. The molecule has 5 rings (SSSR count). The van der Waals surface area contributed by atoms with E-state index >= 15 is 0 Å². The van der Waals surface area contributed by atoms with E-state index in [2.05, 4.69) is 30.6 Å². The van der Waals surface area contributed by atoms with Gasteiger partial charge in [0.05, 0.1) is 43.4 Å². The molecule has 0 radical (unpaired) electrons. The molecule has 1 fully saturated rings. The second kappa shape index (κ2) is 9.09. The Bertz CT molecular complexity index is 1050. The lowest BCUT2D eigenvalue weighted by Gasteiger charge is -2.34. The van der Waals surface area contributed by atoms with Crippen molar-refractivity contribution < 1.29 is 4.74 Å². The van der Waals surface area contributed by atoms with Gasteiger partial charge in [0, 0.05) is 63.3 Å². The van der Waals surface area contributed by atoms with Crippen molar-refractivity contribution in [2.24, 2.45) is 0 Å². The molecule has 0 saturated carbocycles. The van der Waals surface area contributed by atoms with Gasteiger partial charge in [-0.25, -0.2) is 4.68 Å². The van der Waals surface area contributed by atoms with Crippen LogP contribution in [0.25, 0.3) is 11.3 Å². The van der Waals surface area contributed by atoms with Crippen molar-refractivity contribution >= 4 is 0 Å². The van der Waals surface area contributed by atoms with Gasteiger partial charge in [0.15, 0.2) is 0 Å². The zero-order chi connectivity index (χ0) is 21.0. The lowest BCUT2D eigenvalue weighted by Crippen LogP contribution is -2.47. The lowest BCUT2D eigenvalue weighted by atomic mass is 10.2. The van der Waals surface area contributed by atoms with E-state index in [-0.39, 0.29) is 5.56 Å². The monoisotopic (exact) mass is 421 g/mol. The second-order valence-corrected chi connectivity index (χ2v) is 8.04. The van der Waals surface area contributed by atoms with Crippen LogP contribution in [-0.4, -0.2) is 73.7 Å². The van der Waals surface area contributed by atoms with E-state index < -0.39 is 0 Å². The standard InChI is InChI=1S/C22H27N7O2/c30-22-2-1-21(18-3-5-23-6-4-18)25-29(22)12-11-26-7-9-27(10-8-26)16-19-15-20-17-31-14-13-28(20)24-19/h1-6,15H,7-14,16-17H2. The largest absolute Gasteiger partial charge is 0.373 e. The first kappa shape index (κ1) is 20.0. The Morgan fingerprint density at radius 2 is 1.71 bits per heavy atom. The van der Waals surface area contributed by atoms with Crippen molar-refractivity contribution in [3.63, 3.8) is 0 Å². The van der Waals surface area contributed by atoms with E-state index in [1.807, 2.05) is 12.1 Å². The van der Waals surface area contributed by atoms with Crippen LogP contribution < -0.4 is 5.56 Å². The maximum atomic E-state index is 12.3. The molecular formula is C22H27N7O2. The number of nitrogens with zero attached hydrogens (tertiary/aromatic N) is 7. The number of aromatic nitrogens is 5. The predicted molar refractivity (Wildman–Crippen MR) is 115 cm³/mol. The fraction of sp³-hybridized carbons (Fsp3) is 0.455. The number of hydrogen-bond acceptors (Lipinski definition) is 7. The van der Waals surface area contributed by atoms with Gasteiger partial charge in [-0.2, -0.15) is 10.2 Å². The summed E-state index contributed by atoms with van der Waals surface area (Å²) in [5.41, 5.74) is 3.98. The highest BCUT2D eigenvalue weighted by atomic mass is 16.5. The van der Waals surface area contributed by atoms with Crippen LogP contribution in [0.5, 0.6) is 0 Å². The van der Waals surface area contributed by atoms with Crippen LogP contribution in [0.1, 0.15) is 11.4 Å². The van der Waals surface area contributed by atoms with Crippen LogP contribution in [0.3, 0.4) is 0 Å². The molecular weight excluding hydrogens is 394 g/mol. The molecule has 0 aromatic carbocycles. The third kappa shape index (κ3) is 4.73. The van der Waals surface area contributed by atoms with Crippen LogP contribution in [0.4, 0.5) is 0 Å². The highest BCUT2D eigenvalue weighted by Gasteiger charge is 2.19. The molecule has 1 saturated heterocycles.